The fourth-order valence-electron chi connectivity index (χ4n) is 2.95. The average molecular weight is 413 g/mol. The summed E-state index contributed by atoms with van der Waals surface area (Å²) < 4.78 is 11.0. The number of benzene rings is 2. The van der Waals surface area contributed by atoms with Crippen LogP contribution in [0.15, 0.2) is 47.5 Å². The van der Waals surface area contributed by atoms with Gasteiger partial charge in [0.25, 0.3) is 5.91 Å². The van der Waals surface area contributed by atoms with Crippen molar-refractivity contribution in [2.75, 3.05) is 41.4 Å². The van der Waals surface area contributed by atoms with Crippen LogP contribution >= 0.6 is 0 Å². The van der Waals surface area contributed by atoms with E-state index in [1.807, 2.05) is 49.4 Å². The lowest BCUT2D eigenvalue weighted by molar-refractivity contribution is 0.0827. The van der Waals surface area contributed by atoms with E-state index in [0.29, 0.717) is 37.0 Å². The number of carbonyl (C=O) groups excluding carboxylic acids is 1. The van der Waals surface area contributed by atoms with Crippen LogP contribution in [-0.4, -0.2) is 58.2 Å². The van der Waals surface area contributed by atoms with Gasteiger partial charge in [0.2, 0.25) is 0 Å². The van der Waals surface area contributed by atoms with Crippen LogP contribution in [0.4, 0.5) is 0 Å². The summed E-state index contributed by atoms with van der Waals surface area (Å²) in [5.74, 6) is 2.17. The molecule has 0 unspecified atom stereocenters. The first-order valence-electron chi connectivity index (χ1n) is 10.0. The van der Waals surface area contributed by atoms with E-state index < -0.39 is 0 Å². The first-order valence-corrected chi connectivity index (χ1v) is 10.0. The molecule has 0 saturated carbocycles. The fraction of sp³-hybridized carbons (Fsp3) is 0.391. The van der Waals surface area contributed by atoms with Gasteiger partial charge in [-0.2, -0.15) is 0 Å². The van der Waals surface area contributed by atoms with E-state index in [0.717, 1.165) is 23.3 Å². The Hall–Kier alpha value is -3.22. The summed E-state index contributed by atoms with van der Waals surface area (Å²) in [5.41, 5.74) is 2.86. The van der Waals surface area contributed by atoms with Crippen molar-refractivity contribution in [3.8, 4) is 11.5 Å². The van der Waals surface area contributed by atoms with E-state index in [-0.39, 0.29) is 5.91 Å². The third-order valence-corrected chi connectivity index (χ3v) is 4.50. The zero-order valence-electron chi connectivity index (χ0n) is 18.5. The molecule has 2 rings (SSSR count). The molecule has 0 fully saturated rings. The smallest absolute Gasteiger partial charge is 0.253 e. The first-order chi connectivity index (χ1) is 14.5. The predicted molar refractivity (Wildman–Crippen MR) is 121 cm³/mol. The molecule has 162 valence electrons. The monoisotopic (exact) mass is 412 g/mol. The molecule has 0 spiro atoms. The van der Waals surface area contributed by atoms with E-state index in [1.54, 1.807) is 33.2 Å². The van der Waals surface area contributed by atoms with Crippen molar-refractivity contribution in [1.29, 1.82) is 0 Å². The molecule has 30 heavy (non-hydrogen) atoms. The lowest BCUT2D eigenvalue weighted by Gasteiger charge is -2.14. The van der Waals surface area contributed by atoms with Crippen molar-refractivity contribution >= 4 is 11.9 Å². The number of hydrogen-bond donors (Lipinski definition) is 2. The molecular weight excluding hydrogens is 380 g/mol. The van der Waals surface area contributed by atoms with Crippen molar-refractivity contribution in [2.24, 2.45) is 4.99 Å². The Labute approximate surface area is 179 Å². The van der Waals surface area contributed by atoms with Crippen LogP contribution in [0.5, 0.6) is 11.5 Å². The second-order valence-corrected chi connectivity index (χ2v) is 6.92. The largest absolute Gasteiger partial charge is 0.493 e. The van der Waals surface area contributed by atoms with E-state index in [9.17, 15) is 4.79 Å². The number of guanidine groups is 1. The van der Waals surface area contributed by atoms with Crippen LogP contribution in [0.3, 0.4) is 0 Å². The molecule has 0 aliphatic rings. The maximum atomic E-state index is 12.1. The summed E-state index contributed by atoms with van der Waals surface area (Å²) in [4.78, 5) is 18.0. The van der Waals surface area contributed by atoms with E-state index in [4.69, 9.17) is 9.47 Å². The number of rotatable bonds is 9. The van der Waals surface area contributed by atoms with Crippen LogP contribution in [-0.2, 0) is 13.0 Å². The number of ether oxygens (including phenoxy) is 2. The van der Waals surface area contributed by atoms with Gasteiger partial charge in [0.15, 0.2) is 17.5 Å². The minimum atomic E-state index is 0.00747. The molecule has 0 aliphatic carbocycles. The highest BCUT2D eigenvalue weighted by molar-refractivity contribution is 5.94. The van der Waals surface area contributed by atoms with Gasteiger partial charge in [0.1, 0.15) is 0 Å². The molecule has 0 bridgehead atoms. The molecule has 2 aromatic carbocycles. The Morgan fingerprint density at radius 3 is 2.53 bits per heavy atom. The third kappa shape index (κ3) is 6.69. The molecule has 2 aromatic rings. The number of nitrogens with zero attached hydrogens (tertiary/aromatic N) is 2. The maximum Gasteiger partial charge on any atom is 0.253 e. The second kappa shape index (κ2) is 11.7. The maximum absolute atomic E-state index is 12.1. The highest BCUT2D eigenvalue weighted by Gasteiger charge is 2.09. The van der Waals surface area contributed by atoms with Crippen molar-refractivity contribution in [3.63, 3.8) is 0 Å². The number of methoxy groups -OCH3 is 1. The van der Waals surface area contributed by atoms with Gasteiger partial charge >= 0.3 is 0 Å². The molecule has 2 N–H and O–H groups in total. The zero-order chi connectivity index (χ0) is 21.9. The highest BCUT2D eigenvalue weighted by Crippen LogP contribution is 2.27. The molecule has 7 heteroatoms. The van der Waals surface area contributed by atoms with Crippen molar-refractivity contribution in [3.05, 3.63) is 59.2 Å². The normalized spacial score (nSPS) is 11.0. The Morgan fingerprint density at radius 1 is 1.07 bits per heavy atom. The third-order valence-electron chi connectivity index (χ3n) is 4.50. The van der Waals surface area contributed by atoms with Gasteiger partial charge in [-0.25, -0.2) is 0 Å². The quantitative estimate of drug-likeness (QED) is 0.489. The van der Waals surface area contributed by atoms with Gasteiger partial charge in [-0.05, 0) is 48.7 Å². The Morgan fingerprint density at radius 2 is 1.87 bits per heavy atom. The number of aliphatic imine (C=N–C) groups is 1. The lowest BCUT2D eigenvalue weighted by atomic mass is 10.1. The van der Waals surface area contributed by atoms with Gasteiger partial charge in [0, 0.05) is 39.8 Å². The zero-order valence-corrected chi connectivity index (χ0v) is 18.5. The summed E-state index contributed by atoms with van der Waals surface area (Å²) in [6.45, 7) is 3.85. The summed E-state index contributed by atoms with van der Waals surface area (Å²) >= 11 is 0. The lowest BCUT2D eigenvalue weighted by Crippen LogP contribution is -2.37. The molecule has 0 heterocycles. The molecule has 0 aromatic heterocycles. The Balaban J connectivity index is 1.87. The van der Waals surface area contributed by atoms with Crippen LogP contribution in [0.2, 0.25) is 0 Å². The second-order valence-electron chi connectivity index (χ2n) is 6.92. The minimum Gasteiger partial charge on any atom is -0.493 e. The standard InChI is InChI=1S/C23H32N4O3/c1-6-30-20-11-10-18(15-21(20)29-5)16-26-23(24-2)25-13-12-17-8-7-9-19(14-17)22(28)27(3)4/h7-11,14-15H,6,12-13,16H2,1-5H3,(H2,24,25,26). The minimum absolute atomic E-state index is 0.00747. The molecule has 0 atom stereocenters. The molecule has 1 amide bonds. The van der Waals surface area contributed by atoms with E-state index >= 15 is 0 Å². The highest BCUT2D eigenvalue weighted by atomic mass is 16.5. The van der Waals surface area contributed by atoms with Gasteiger partial charge < -0.3 is 25.0 Å². The predicted octanol–water partition coefficient (Wildman–Crippen LogP) is 2.70. The van der Waals surface area contributed by atoms with Gasteiger partial charge in [-0.1, -0.05) is 18.2 Å². The number of nitrogens with one attached hydrogen (secondary N) is 2. The molecule has 0 aliphatic heterocycles. The summed E-state index contributed by atoms with van der Waals surface area (Å²) in [5, 5.41) is 6.61. The first kappa shape index (κ1) is 23.1. The van der Waals surface area contributed by atoms with E-state index in [2.05, 4.69) is 15.6 Å². The van der Waals surface area contributed by atoms with Crippen molar-refractivity contribution < 1.29 is 14.3 Å². The topological polar surface area (TPSA) is 75.2 Å². The van der Waals surface area contributed by atoms with Crippen LogP contribution < -0.4 is 20.1 Å². The Bertz CT molecular complexity index is 865. The number of hydrogen-bond acceptors (Lipinski definition) is 4. The van der Waals surface area contributed by atoms with Crippen LogP contribution in [0.25, 0.3) is 0 Å². The molecule has 0 radical (unpaired) electrons. The van der Waals surface area contributed by atoms with Crippen LogP contribution in [0.1, 0.15) is 28.4 Å². The summed E-state index contributed by atoms with van der Waals surface area (Å²) in [7, 11) is 6.89. The molecule has 7 nitrogen and oxygen atoms in total. The Kier molecular flexibility index (Phi) is 9.00. The molecular formula is C23H32N4O3. The molecule has 0 saturated heterocycles. The van der Waals surface area contributed by atoms with Crippen molar-refractivity contribution in [1.82, 2.24) is 15.5 Å². The van der Waals surface area contributed by atoms with Gasteiger partial charge in [0.05, 0.1) is 13.7 Å². The van der Waals surface area contributed by atoms with Gasteiger partial charge in [-0.3, -0.25) is 9.79 Å². The SMILES string of the molecule is CCOc1ccc(CNC(=NC)NCCc2cccc(C(=O)N(C)C)c2)cc1OC. The fourth-order valence-corrected chi connectivity index (χ4v) is 2.95. The van der Waals surface area contributed by atoms with Crippen LogP contribution in [0, 0.1) is 0 Å². The summed E-state index contributed by atoms with van der Waals surface area (Å²) in [6.07, 6.45) is 0.784. The average Bonchev–Trinajstić information content (AvgIpc) is 2.76. The van der Waals surface area contributed by atoms with Crippen molar-refractivity contribution in [2.45, 2.75) is 19.9 Å². The van der Waals surface area contributed by atoms with Gasteiger partial charge in [-0.15, -0.1) is 0 Å². The van der Waals surface area contributed by atoms with E-state index in [1.165, 1.54) is 0 Å². The number of carbonyl (C=O) groups is 1. The summed E-state index contributed by atoms with van der Waals surface area (Å²) in [6, 6.07) is 13.6. The number of amides is 1.